The lowest BCUT2D eigenvalue weighted by atomic mass is 10.2. The minimum atomic E-state index is -2.95. The lowest BCUT2D eigenvalue weighted by molar-refractivity contribution is -0.117. The molecule has 2 aromatic carbocycles. The number of carbonyl (C=O) groups is 3. The molecule has 3 rings (SSSR count). The predicted molar refractivity (Wildman–Crippen MR) is 107 cm³/mol. The molecule has 2 aromatic rings. The molecule has 0 aliphatic carbocycles. The van der Waals surface area contributed by atoms with Gasteiger partial charge in [-0.2, -0.15) is 8.78 Å². The third-order valence-electron chi connectivity index (χ3n) is 4.35. The maximum atomic E-state index is 12.1. The van der Waals surface area contributed by atoms with Gasteiger partial charge in [0, 0.05) is 24.2 Å². The third-order valence-corrected chi connectivity index (χ3v) is 4.65. The molecule has 10 heteroatoms. The minimum absolute atomic E-state index is 0.00481. The van der Waals surface area contributed by atoms with Crippen molar-refractivity contribution in [3.05, 3.63) is 53.1 Å². The molecule has 0 saturated carbocycles. The zero-order valence-electron chi connectivity index (χ0n) is 15.7. The Morgan fingerprint density at radius 1 is 1.17 bits per heavy atom. The first kappa shape index (κ1) is 21.5. The molecule has 0 radical (unpaired) electrons. The summed E-state index contributed by atoms with van der Waals surface area (Å²) in [7, 11) is 0. The predicted octanol–water partition coefficient (Wildman–Crippen LogP) is 3.44. The van der Waals surface area contributed by atoms with Crippen LogP contribution in [0.5, 0.6) is 5.75 Å². The van der Waals surface area contributed by atoms with Crippen molar-refractivity contribution in [3.63, 3.8) is 0 Å². The van der Waals surface area contributed by atoms with Crippen LogP contribution in [0.4, 0.5) is 20.2 Å². The first-order valence-corrected chi connectivity index (χ1v) is 9.44. The highest BCUT2D eigenvalue weighted by atomic mass is 35.5. The average molecular weight is 438 g/mol. The number of halogens is 3. The van der Waals surface area contributed by atoms with Crippen molar-refractivity contribution in [2.75, 3.05) is 23.3 Å². The lowest BCUT2D eigenvalue weighted by Gasteiger charge is -2.18. The molecule has 0 unspecified atom stereocenters. The van der Waals surface area contributed by atoms with E-state index >= 15 is 0 Å². The van der Waals surface area contributed by atoms with Crippen LogP contribution >= 0.6 is 11.6 Å². The van der Waals surface area contributed by atoms with E-state index in [1.165, 1.54) is 30.3 Å². The molecule has 0 spiro atoms. The van der Waals surface area contributed by atoms with E-state index in [1.807, 2.05) is 0 Å². The number of amides is 3. The third kappa shape index (κ3) is 5.44. The van der Waals surface area contributed by atoms with Crippen LogP contribution in [-0.2, 0) is 9.59 Å². The van der Waals surface area contributed by atoms with E-state index in [4.69, 9.17) is 11.6 Å². The van der Waals surface area contributed by atoms with Crippen molar-refractivity contribution in [1.29, 1.82) is 0 Å². The van der Waals surface area contributed by atoms with Crippen LogP contribution in [0.1, 0.15) is 23.2 Å². The van der Waals surface area contributed by atoms with Gasteiger partial charge >= 0.3 is 6.61 Å². The van der Waals surface area contributed by atoms with E-state index in [-0.39, 0.29) is 23.8 Å². The van der Waals surface area contributed by atoms with Crippen molar-refractivity contribution in [2.24, 2.45) is 0 Å². The number of hydrogen-bond donors (Lipinski definition) is 2. The van der Waals surface area contributed by atoms with Gasteiger partial charge in [-0.1, -0.05) is 11.6 Å². The highest BCUT2D eigenvalue weighted by Crippen LogP contribution is 2.31. The Labute approximate surface area is 175 Å². The standard InChI is InChI=1S/C20H18ClF2N3O4/c21-15-10-13(5-8-16(15)26-9-1-2-18(26)28)25-17(27)11-24-19(29)12-3-6-14(7-4-12)30-20(22)23/h3-8,10,20H,1-2,9,11H2,(H,24,29)(H,25,27). The van der Waals surface area contributed by atoms with E-state index in [0.717, 1.165) is 6.42 Å². The minimum Gasteiger partial charge on any atom is -0.435 e. The van der Waals surface area contributed by atoms with Crippen molar-refractivity contribution >= 4 is 40.7 Å². The second kappa shape index (κ2) is 9.53. The Morgan fingerprint density at radius 2 is 1.90 bits per heavy atom. The van der Waals surface area contributed by atoms with E-state index in [0.29, 0.717) is 29.4 Å². The zero-order chi connectivity index (χ0) is 21.7. The summed E-state index contributed by atoms with van der Waals surface area (Å²) in [6.07, 6.45) is 1.26. The maximum absolute atomic E-state index is 12.1. The first-order chi connectivity index (χ1) is 14.3. The van der Waals surface area contributed by atoms with Crippen LogP contribution in [0.25, 0.3) is 0 Å². The Bertz CT molecular complexity index is 954. The normalized spacial score (nSPS) is 13.5. The molecule has 1 fully saturated rings. The summed E-state index contributed by atoms with van der Waals surface area (Å²) in [5, 5.41) is 5.37. The summed E-state index contributed by atoms with van der Waals surface area (Å²) in [4.78, 5) is 37.6. The molecule has 0 atom stereocenters. The zero-order valence-corrected chi connectivity index (χ0v) is 16.4. The Hall–Kier alpha value is -3.20. The fourth-order valence-corrected chi connectivity index (χ4v) is 3.24. The highest BCUT2D eigenvalue weighted by molar-refractivity contribution is 6.34. The molecule has 0 aromatic heterocycles. The molecule has 158 valence electrons. The van der Waals surface area contributed by atoms with Gasteiger partial charge in [-0.15, -0.1) is 0 Å². The molecule has 1 heterocycles. The summed E-state index contributed by atoms with van der Waals surface area (Å²) in [6.45, 7) is -2.66. The van der Waals surface area contributed by atoms with Crippen LogP contribution in [0, 0.1) is 0 Å². The molecule has 7 nitrogen and oxygen atoms in total. The van der Waals surface area contributed by atoms with E-state index in [1.54, 1.807) is 17.0 Å². The first-order valence-electron chi connectivity index (χ1n) is 9.06. The molecule has 2 N–H and O–H groups in total. The average Bonchev–Trinajstić information content (AvgIpc) is 3.12. The molecule has 30 heavy (non-hydrogen) atoms. The van der Waals surface area contributed by atoms with Crippen molar-refractivity contribution in [2.45, 2.75) is 19.5 Å². The van der Waals surface area contributed by atoms with E-state index in [9.17, 15) is 23.2 Å². The summed E-state index contributed by atoms with van der Waals surface area (Å²) in [6, 6.07) is 9.89. The molecule has 1 saturated heterocycles. The summed E-state index contributed by atoms with van der Waals surface area (Å²) in [5.41, 5.74) is 1.19. The fraction of sp³-hybridized carbons (Fsp3) is 0.250. The number of anilines is 2. The number of benzene rings is 2. The summed E-state index contributed by atoms with van der Waals surface area (Å²) in [5.74, 6) is -1.10. The molecule has 3 amide bonds. The second-order valence-corrected chi connectivity index (χ2v) is 6.86. The quantitative estimate of drug-likeness (QED) is 0.694. The molecule has 1 aliphatic heterocycles. The number of carbonyl (C=O) groups excluding carboxylic acids is 3. The number of ether oxygens (including phenoxy) is 1. The largest absolute Gasteiger partial charge is 0.435 e. The van der Waals surface area contributed by atoms with Gasteiger partial charge in [0.2, 0.25) is 11.8 Å². The number of alkyl halides is 2. The van der Waals surface area contributed by atoms with Crippen LogP contribution in [0.3, 0.4) is 0 Å². The number of hydrogen-bond acceptors (Lipinski definition) is 4. The van der Waals surface area contributed by atoms with E-state index < -0.39 is 18.4 Å². The van der Waals surface area contributed by atoms with Crippen molar-refractivity contribution in [1.82, 2.24) is 5.32 Å². The number of nitrogens with zero attached hydrogens (tertiary/aromatic N) is 1. The fourth-order valence-electron chi connectivity index (χ4n) is 2.96. The summed E-state index contributed by atoms with van der Waals surface area (Å²) >= 11 is 6.24. The summed E-state index contributed by atoms with van der Waals surface area (Å²) < 4.78 is 28.5. The van der Waals surface area contributed by atoms with Gasteiger partial charge in [-0.05, 0) is 48.9 Å². The lowest BCUT2D eigenvalue weighted by Crippen LogP contribution is -2.32. The van der Waals surface area contributed by atoms with Crippen LogP contribution in [0.15, 0.2) is 42.5 Å². The molecule has 1 aliphatic rings. The molecule has 0 bridgehead atoms. The van der Waals surface area contributed by atoms with Gasteiger partial charge in [0.05, 0.1) is 17.3 Å². The molecular formula is C20H18ClF2N3O4. The van der Waals surface area contributed by atoms with Crippen LogP contribution in [-0.4, -0.2) is 37.4 Å². The van der Waals surface area contributed by atoms with Crippen LogP contribution < -0.4 is 20.3 Å². The SMILES string of the molecule is O=C(CNC(=O)c1ccc(OC(F)F)cc1)Nc1ccc(N2CCCC2=O)c(Cl)c1. The Balaban J connectivity index is 1.52. The number of rotatable bonds is 7. The Morgan fingerprint density at radius 3 is 2.50 bits per heavy atom. The van der Waals surface area contributed by atoms with Crippen molar-refractivity contribution in [3.8, 4) is 5.75 Å². The smallest absolute Gasteiger partial charge is 0.387 e. The monoisotopic (exact) mass is 437 g/mol. The molecular weight excluding hydrogens is 420 g/mol. The van der Waals surface area contributed by atoms with Gasteiger partial charge in [0.15, 0.2) is 0 Å². The second-order valence-electron chi connectivity index (χ2n) is 6.45. The van der Waals surface area contributed by atoms with Gasteiger partial charge in [0.25, 0.3) is 5.91 Å². The maximum Gasteiger partial charge on any atom is 0.387 e. The topological polar surface area (TPSA) is 87.7 Å². The highest BCUT2D eigenvalue weighted by Gasteiger charge is 2.23. The van der Waals surface area contributed by atoms with Gasteiger partial charge in [0.1, 0.15) is 5.75 Å². The van der Waals surface area contributed by atoms with Gasteiger partial charge in [-0.25, -0.2) is 0 Å². The van der Waals surface area contributed by atoms with Crippen molar-refractivity contribution < 1.29 is 27.9 Å². The van der Waals surface area contributed by atoms with Crippen LogP contribution in [0.2, 0.25) is 5.02 Å². The number of nitrogens with one attached hydrogen (secondary N) is 2. The van der Waals surface area contributed by atoms with E-state index in [2.05, 4.69) is 15.4 Å². The Kier molecular flexibility index (Phi) is 6.83. The van der Waals surface area contributed by atoms with Gasteiger partial charge < -0.3 is 20.3 Å². The van der Waals surface area contributed by atoms with Gasteiger partial charge in [-0.3, -0.25) is 14.4 Å².